The van der Waals surface area contributed by atoms with E-state index in [4.69, 9.17) is 0 Å². The predicted molar refractivity (Wildman–Crippen MR) is 110 cm³/mol. The van der Waals surface area contributed by atoms with Crippen molar-refractivity contribution in [2.45, 2.75) is 45.2 Å². The van der Waals surface area contributed by atoms with E-state index in [1.54, 1.807) is 6.20 Å². The summed E-state index contributed by atoms with van der Waals surface area (Å²) < 4.78 is 2.13. The predicted octanol–water partition coefficient (Wildman–Crippen LogP) is 4.89. The van der Waals surface area contributed by atoms with E-state index in [1.165, 1.54) is 0 Å². The van der Waals surface area contributed by atoms with Gasteiger partial charge in [0.15, 0.2) is 0 Å². The van der Waals surface area contributed by atoms with Gasteiger partial charge in [-0.05, 0) is 56.9 Å². The molecular formula is C23H26N4O. The van der Waals surface area contributed by atoms with Gasteiger partial charge in [0, 0.05) is 48.5 Å². The summed E-state index contributed by atoms with van der Waals surface area (Å²) in [5.74, 6) is 0.977. The summed E-state index contributed by atoms with van der Waals surface area (Å²) in [5, 5.41) is 0. The van der Waals surface area contributed by atoms with Crippen molar-refractivity contribution in [3.8, 4) is 11.4 Å². The minimum atomic E-state index is 0.0815. The lowest BCUT2D eigenvalue weighted by Crippen LogP contribution is -2.38. The molecule has 0 spiro atoms. The lowest BCUT2D eigenvalue weighted by molar-refractivity contribution is 0.0611. The maximum Gasteiger partial charge on any atom is 0.254 e. The molecule has 144 valence electrons. The average molecular weight is 374 g/mol. The van der Waals surface area contributed by atoms with Crippen molar-refractivity contribution in [3.05, 3.63) is 72.3 Å². The molecule has 0 saturated carbocycles. The third-order valence-electron chi connectivity index (χ3n) is 5.43. The second kappa shape index (κ2) is 7.97. The Morgan fingerprint density at radius 2 is 2.04 bits per heavy atom. The largest absolute Gasteiger partial charge is 0.332 e. The molecule has 1 atom stereocenters. The zero-order valence-electron chi connectivity index (χ0n) is 16.5. The van der Waals surface area contributed by atoms with Gasteiger partial charge in [0.05, 0.1) is 6.04 Å². The number of rotatable bonds is 4. The summed E-state index contributed by atoms with van der Waals surface area (Å²) in [6, 6.07) is 12.3. The number of carbonyl (C=O) groups is 1. The Bertz CT molecular complexity index is 948. The SMILES string of the molecule is CC(C)n1ccnc1-c1cccc(C(=O)N2CCCC[C@@H]2c2cccnc2)c1. The summed E-state index contributed by atoms with van der Waals surface area (Å²) in [6.07, 6.45) is 10.6. The van der Waals surface area contributed by atoms with E-state index in [1.807, 2.05) is 53.8 Å². The molecule has 1 saturated heterocycles. The van der Waals surface area contributed by atoms with E-state index in [2.05, 4.69) is 34.4 Å². The van der Waals surface area contributed by atoms with Crippen LogP contribution < -0.4 is 0 Å². The fraction of sp³-hybridized carbons (Fsp3) is 0.348. The quantitative estimate of drug-likeness (QED) is 0.653. The van der Waals surface area contributed by atoms with Crippen LogP contribution in [-0.2, 0) is 0 Å². The number of aromatic nitrogens is 3. The van der Waals surface area contributed by atoms with Crippen molar-refractivity contribution >= 4 is 5.91 Å². The monoisotopic (exact) mass is 374 g/mol. The number of amides is 1. The molecule has 2 aromatic heterocycles. The third-order valence-corrected chi connectivity index (χ3v) is 5.43. The van der Waals surface area contributed by atoms with Crippen LogP contribution in [0.1, 0.15) is 61.1 Å². The standard InChI is InChI=1S/C23H26N4O/c1-17(2)26-14-12-25-22(26)18-7-5-8-19(15-18)23(28)27-13-4-3-10-21(27)20-9-6-11-24-16-20/h5-9,11-12,14-17,21H,3-4,10,13H2,1-2H3/t21-/m1/s1. The number of benzene rings is 1. The third kappa shape index (κ3) is 3.57. The van der Waals surface area contributed by atoms with Crippen molar-refractivity contribution in [1.29, 1.82) is 0 Å². The molecule has 5 nitrogen and oxygen atoms in total. The Morgan fingerprint density at radius 3 is 2.82 bits per heavy atom. The smallest absolute Gasteiger partial charge is 0.254 e. The van der Waals surface area contributed by atoms with Crippen molar-refractivity contribution in [3.63, 3.8) is 0 Å². The highest BCUT2D eigenvalue weighted by Crippen LogP contribution is 2.32. The van der Waals surface area contributed by atoms with Crippen molar-refractivity contribution in [1.82, 2.24) is 19.4 Å². The molecule has 4 rings (SSSR count). The van der Waals surface area contributed by atoms with E-state index in [-0.39, 0.29) is 11.9 Å². The van der Waals surface area contributed by atoms with Crippen LogP contribution in [0.15, 0.2) is 61.2 Å². The number of pyridine rings is 1. The van der Waals surface area contributed by atoms with Gasteiger partial charge in [-0.1, -0.05) is 18.2 Å². The first kappa shape index (κ1) is 18.4. The van der Waals surface area contributed by atoms with Gasteiger partial charge in [-0.25, -0.2) is 4.98 Å². The highest BCUT2D eigenvalue weighted by Gasteiger charge is 2.29. The minimum absolute atomic E-state index is 0.0815. The number of likely N-dealkylation sites (tertiary alicyclic amines) is 1. The highest BCUT2D eigenvalue weighted by molar-refractivity contribution is 5.95. The molecule has 1 amide bonds. The van der Waals surface area contributed by atoms with Gasteiger partial charge >= 0.3 is 0 Å². The molecule has 28 heavy (non-hydrogen) atoms. The highest BCUT2D eigenvalue weighted by atomic mass is 16.2. The second-order valence-electron chi connectivity index (χ2n) is 7.63. The zero-order chi connectivity index (χ0) is 19.5. The first-order valence-electron chi connectivity index (χ1n) is 9.99. The van der Waals surface area contributed by atoms with Crippen molar-refractivity contribution < 1.29 is 4.79 Å². The Balaban J connectivity index is 1.65. The summed E-state index contributed by atoms with van der Waals surface area (Å²) in [5.41, 5.74) is 2.80. The molecule has 5 heteroatoms. The zero-order valence-corrected chi connectivity index (χ0v) is 16.5. The summed E-state index contributed by atoms with van der Waals surface area (Å²) >= 11 is 0. The van der Waals surface area contributed by atoms with E-state index in [0.717, 1.165) is 42.8 Å². The topological polar surface area (TPSA) is 51.0 Å². The summed E-state index contributed by atoms with van der Waals surface area (Å²) in [7, 11) is 0. The number of carbonyl (C=O) groups excluding carboxylic acids is 1. The fourth-order valence-corrected chi connectivity index (χ4v) is 4.00. The Labute approximate surface area is 166 Å². The molecule has 3 heterocycles. The number of nitrogens with zero attached hydrogens (tertiary/aromatic N) is 4. The molecule has 1 aromatic carbocycles. The van der Waals surface area contributed by atoms with Gasteiger partial charge in [-0.3, -0.25) is 9.78 Å². The maximum absolute atomic E-state index is 13.4. The fourth-order valence-electron chi connectivity index (χ4n) is 4.00. The maximum atomic E-state index is 13.4. The molecule has 1 aliphatic heterocycles. The first-order valence-corrected chi connectivity index (χ1v) is 9.99. The van der Waals surface area contributed by atoms with Gasteiger partial charge in [0.25, 0.3) is 5.91 Å². The van der Waals surface area contributed by atoms with Crippen molar-refractivity contribution in [2.75, 3.05) is 6.54 Å². The van der Waals surface area contributed by atoms with E-state index >= 15 is 0 Å². The molecule has 1 fully saturated rings. The van der Waals surface area contributed by atoms with Crippen LogP contribution >= 0.6 is 0 Å². The molecule has 1 aliphatic rings. The first-order chi connectivity index (χ1) is 13.6. The van der Waals surface area contributed by atoms with E-state index < -0.39 is 0 Å². The molecule has 0 radical (unpaired) electrons. The minimum Gasteiger partial charge on any atom is -0.332 e. The lowest BCUT2D eigenvalue weighted by Gasteiger charge is -2.36. The van der Waals surface area contributed by atoms with Gasteiger partial charge in [-0.2, -0.15) is 0 Å². The molecule has 0 bridgehead atoms. The van der Waals surface area contributed by atoms with Gasteiger partial charge in [0.2, 0.25) is 0 Å². The van der Waals surface area contributed by atoms with Crippen LogP contribution in [0.4, 0.5) is 0 Å². The summed E-state index contributed by atoms with van der Waals surface area (Å²) in [6.45, 7) is 5.04. The van der Waals surface area contributed by atoms with E-state index in [9.17, 15) is 4.79 Å². The lowest BCUT2D eigenvalue weighted by atomic mass is 9.95. The number of imidazole rings is 1. The van der Waals surface area contributed by atoms with Gasteiger partial charge < -0.3 is 9.47 Å². The van der Waals surface area contributed by atoms with Crippen LogP contribution in [0, 0.1) is 0 Å². The van der Waals surface area contributed by atoms with Gasteiger partial charge in [0.1, 0.15) is 5.82 Å². The molecule has 0 unspecified atom stereocenters. The normalized spacial score (nSPS) is 17.1. The Hall–Kier alpha value is -2.95. The molecular weight excluding hydrogens is 348 g/mol. The second-order valence-corrected chi connectivity index (χ2v) is 7.63. The molecule has 3 aromatic rings. The van der Waals surface area contributed by atoms with Crippen LogP contribution in [0.25, 0.3) is 11.4 Å². The van der Waals surface area contributed by atoms with Crippen LogP contribution in [0.2, 0.25) is 0 Å². The molecule has 0 N–H and O–H groups in total. The van der Waals surface area contributed by atoms with Crippen LogP contribution in [0.3, 0.4) is 0 Å². The average Bonchev–Trinajstić information content (AvgIpc) is 3.24. The Morgan fingerprint density at radius 1 is 1.14 bits per heavy atom. The number of piperidine rings is 1. The van der Waals surface area contributed by atoms with E-state index in [0.29, 0.717) is 11.6 Å². The molecule has 0 aliphatic carbocycles. The van der Waals surface area contributed by atoms with Crippen LogP contribution in [0.5, 0.6) is 0 Å². The number of hydrogen-bond donors (Lipinski definition) is 0. The van der Waals surface area contributed by atoms with Crippen LogP contribution in [-0.4, -0.2) is 31.9 Å². The number of hydrogen-bond acceptors (Lipinski definition) is 3. The summed E-state index contributed by atoms with van der Waals surface area (Å²) in [4.78, 5) is 24.2. The van der Waals surface area contributed by atoms with Crippen molar-refractivity contribution in [2.24, 2.45) is 0 Å². The van der Waals surface area contributed by atoms with Gasteiger partial charge in [-0.15, -0.1) is 0 Å². The Kier molecular flexibility index (Phi) is 5.24.